The minimum Gasteiger partial charge on any atom is -0.378 e. The Hall–Kier alpha value is -1.28. The predicted octanol–water partition coefficient (Wildman–Crippen LogP) is -0.0597. The molecule has 0 bridgehead atoms. The summed E-state index contributed by atoms with van der Waals surface area (Å²) in [6.07, 6.45) is 0.559. The highest BCUT2D eigenvalue weighted by molar-refractivity contribution is 5.75. The molecule has 1 aliphatic heterocycles. The molecular weight excluding hydrogens is 170 g/mol. The quantitative estimate of drug-likeness (QED) is 0.619. The largest absolute Gasteiger partial charge is 0.378 e. The van der Waals surface area contributed by atoms with Crippen LogP contribution < -0.4 is 5.32 Å². The van der Waals surface area contributed by atoms with Crippen molar-refractivity contribution in [1.82, 2.24) is 10.2 Å². The molecule has 1 fully saturated rings. The molecule has 0 spiro atoms. The van der Waals surface area contributed by atoms with E-state index in [4.69, 9.17) is 10.00 Å². The summed E-state index contributed by atoms with van der Waals surface area (Å²) in [5, 5.41) is 11.5. The smallest absolute Gasteiger partial charge is 0.318 e. The Morgan fingerprint density at radius 2 is 2.38 bits per heavy atom. The van der Waals surface area contributed by atoms with E-state index < -0.39 is 5.54 Å². The summed E-state index contributed by atoms with van der Waals surface area (Å²) in [5.41, 5.74) is -0.818. The van der Waals surface area contributed by atoms with E-state index in [2.05, 4.69) is 11.4 Å². The van der Waals surface area contributed by atoms with Crippen molar-refractivity contribution in [1.29, 1.82) is 5.26 Å². The molecule has 0 aromatic heterocycles. The molecule has 1 aliphatic rings. The molecule has 2 amide bonds. The summed E-state index contributed by atoms with van der Waals surface area (Å²) in [5.74, 6) is 0. The number of nitrogens with one attached hydrogen (secondary N) is 1. The lowest BCUT2D eigenvalue weighted by Crippen LogP contribution is -2.51. The molecule has 1 rings (SSSR count). The molecule has 0 aromatic rings. The maximum atomic E-state index is 11.3. The van der Waals surface area contributed by atoms with Crippen LogP contribution in [0.1, 0.15) is 6.42 Å². The third kappa shape index (κ3) is 2.10. The van der Waals surface area contributed by atoms with Crippen LogP contribution in [0.3, 0.4) is 0 Å². The molecule has 13 heavy (non-hydrogen) atoms. The molecule has 0 saturated carbocycles. The average molecular weight is 183 g/mol. The predicted molar refractivity (Wildman–Crippen MR) is 46.0 cm³/mol. The van der Waals surface area contributed by atoms with Crippen molar-refractivity contribution in [3.05, 3.63) is 0 Å². The van der Waals surface area contributed by atoms with Gasteiger partial charge >= 0.3 is 6.03 Å². The molecule has 1 N–H and O–H groups in total. The summed E-state index contributed by atoms with van der Waals surface area (Å²) >= 11 is 0. The van der Waals surface area contributed by atoms with Crippen LogP contribution in [0.15, 0.2) is 0 Å². The molecule has 5 nitrogen and oxygen atoms in total. The fourth-order valence-corrected chi connectivity index (χ4v) is 1.10. The van der Waals surface area contributed by atoms with Gasteiger partial charge in [-0.25, -0.2) is 4.79 Å². The van der Waals surface area contributed by atoms with Gasteiger partial charge in [0.25, 0.3) is 0 Å². The van der Waals surface area contributed by atoms with E-state index in [9.17, 15) is 4.79 Å². The molecule has 1 heterocycles. The van der Waals surface area contributed by atoms with Crippen LogP contribution >= 0.6 is 0 Å². The summed E-state index contributed by atoms with van der Waals surface area (Å²) in [6, 6.07) is 1.82. The molecule has 0 aromatic carbocycles. The second kappa shape index (κ2) is 3.62. The highest BCUT2D eigenvalue weighted by Gasteiger charge is 2.36. The fraction of sp³-hybridized carbons (Fsp3) is 0.750. The first-order chi connectivity index (χ1) is 6.09. The Bertz CT molecular complexity index is 238. The number of amides is 2. The van der Waals surface area contributed by atoms with Crippen LogP contribution in [0.5, 0.6) is 0 Å². The van der Waals surface area contributed by atoms with Gasteiger partial charge in [0.2, 0.25) is 0 Å². The second-order valence-electron chi connectivity index (χ2n) is 3.32. The molecular formula is C8H13N3O2. The molecule has 0 radical (unpaired) electrons. The van der Waals surface area contributed by atoms with Crippen molar-refractivity contribution in [3.63, 3.8) is 0 Å². The zero-order chi connectivity index (χ0) is 9.90. The van der Waals surface area contributed by atoms with Gasteiger partial charge in [0, 0.05) is 20.5 Å². The number of ether oxygens (including phenoxy) is 1. The van der Waals surface area contributed by atoms with Gasteiger partial charge in [0.15, 0.2) is 5.54 Å². The lowest BCUT2D eigenvalue weighted by atomic mass is 10.0. The zero-order valence-corrected chi connectivity index (χ0v) is 7.83. The number of rotatable bonds is 1. The van der Waals surface area contributed by atoms with Gasteiger partial charge in [-0.1, -0.05) is 0 Å². The SMILES string of the molecule is CN(C)C(=O)NC1(C#N)CCOC1. The van der Waals surface area contributed by atoms with Gasteiger partial charge in [0.05, 0.1) is 19.3 Å². The van der Waals surface area contributed by atoms with Gasteiger partial charge in [-0.15, -0.1) is 0 Å². The summed E-state index contributed by atoms with van der Waals surface area (Å²) in [4.78, 5) is 12.7. The third-order valence-electron chi connectivity index (χ3n) is 1.99. The third-order valence-corrected chi connectivity index (χ3v) is 1.99. The van der Waals surface area contributed by atoms with E-state index in [0.717, 1.165) is 0 Å². The van der Waals surface area contributed by atoms with Crippen molar-refractivity contribution in [2.24, 2.45) is 0 Å². The van der Waals surface area contributed by atoms with Gasteiger partial charge in [-0.3, -0.25) is 0 Å². The number of carbonyl (C=O) groups excluding carboxylic acids is 1. The topological polar surface area (TPSA) is 65.4 Å². The number of nitrogens with zero attached hydrogens (tertiary/aromatic N) is 2. The van der Waals surface area contributed by atoms with Crippen molar-refractivity contribution in [2.75, 3.05) is 27.3 Å². The summed E-state index contributed by atoms with van der Waals surface area (Å²) in [7, 11) is 3.27. The minimum absolute atomic E-state index is 0.257. The van der Waals surface area contributed by atoms with E-state index in [1.165, 1.54) is 4.90 Å². The van der Waals surface area contributed by atoms with Gasteiger partial charge in [-0.05, 0) is 0 Å². The number of nitriles is 1. The first-order valence-corrected chi connectivity index (χ1v) is 4.08. The zero-order valence-electron chi connectivity index (χ0n) is 7.83. The van der Waals surface area contributed by atoms with Crippen molar-refractivity contribution in [2.45, 2.75) is 12.0 Å². The van der Waals surface area contributed by atoms with Gasteiger partial charge < -0.3 is 15.0 Å². The Labute approximate surface area is 77.3 Å². The molecule has 0 aliphatic carbocycles. The molecule has 1 unspecified atom stereocenters. The van der Waals surface area contributed by atoms with E-state index in [0.29, 0.717) is 13.0 Å². The Morgan fingerprint density at radius 3 is 2.77 bits per heavy atom. The van der Waals surface area contributed by atoms with E-state index in [1.54, 1.807) is 14.1 Å². The van der Waals surface area contributed by atoms with Crippen LogP contribution in [0, 0.1) is 11.3 Å². The van der Waals surface area contributed by atoms with Crippen molar-refractivity contribution in [3.8, 4) is 6.07 Å². The lowest BCUT2D eigenvalue weighted by Gasteiger charge is -2.22. The Balaban J connectivity index is 2.60. The first-order valence-electron chi connectivity index (χ1n) is 4.08. The standard InChI is InChI=1S/C8H13N3O2/c1-11(2)7(12)10-8(5-9)3-4-13-6-8/h3-4,6H2,1-2H3,(H,10,12). The first kappa shape index (κ1) is 9.81. The maximum absolute atomic E-state index is 11.3. The van der Waals surface area contributed by atoms with Crippen LogP contribution in [0.4, 0.5) is 4.79 Å². The number of hydrogen-bond acceptors (Lipinski definition) is 3. The molecule has 1 atom stereocenters. The van der Waals surface area contributed by atoms with Crippen LogP contribution in [-0.2, 0) is 4.74 Å². The second-order valence-corrected chi connectivity index (χ2v) is 3.32. The van der Waals surface area contributed by atoms with Gasteiger partial charge in [0.1, 0.15) is 0 Å². The maximum Gasteiger partial charge on any atom is 0.318 e. The van der Waals surface area contributed by atoms with Crippen LogP contribution in [0.2, 0.25) is 0 Å². The molecule has 72 valence electrons. The van der Waals surface area contributed by atoms with Crippen LogP contribution in [0.25, 0.3) is 0 Å². The van der Waals surface area contributed by atoms with E-state index >= 15 is 0 Å². The van der Waals surface area contributed by atoms with Gasteiger partial charge in [-0.2, -0.15) is 5.26 Å². The monoisotopic (exact) mass is 183 g/mol. The lowest BCUT2D eigenvalue weighted by molar-refractivity contribution is 0.173. The minimum atomic E-state index is -0.818. The van der Waals surface area contributed by atoms with E-state index in [-0.39, 0.29) is 12.6 Å². The van der Waals surface area contributed by atoms with Crippen LogP contribution in [-0.4, -0.2) is 43.8 Å². The summed E-state index contributed by atoms with van der Waals surface area (Å²) < 4.78 is 5.08. The normalized spacial score (nSPS) is 26.5. The fourth-order valence-electron chi connectivity index (χ4n) is 1.10. The average Bonchev–Trinajstić information content (AvgIpc) is 2.54. The number of carbonyl (C=O) groups is 1. The van der Waals surface area contributed by atoms with E-state index in [1.807, 2.05) is 0 Å². The number of urea groups is 1. The Morgan fingerprint density at radius 1 is 1.69 bits per heavy atom. The van der Waals surface area contributed by atoms with Crippen molar-refractivity contribution >= 4 is 6.03 Å². The molecule has 5 heteroatoms. The highest BCUT2D eigenvalue weighted by atomic mass is 16.5. The highest BCUT2D eigenvalue weighted by Crippen LogP contribution is 2.17. The number of hydrogen-bond donors (Lipinski definition) is 1. The molecule has 1 saturated heterocycles. The van der Waals surface area contributed by atoms with Crippen molar-refractivity contribution < 1.29 is 9.53 Å². The summed E-state index contributed by atoms with van der Waals surface area (Å²) in [6.45, 7) is 0.810. The Kier molecular flexibility index (Phi) is 2.73.